The average Bonchev–Trinajstić information content (AvgIpc) is 3.50. The quantitative estimate of drug-likeness (QED) is 0.0916. The third-order valence-corrected chi connectivity index (χ3v) is 13.7. The number of aryl methyl sites for hydroxylation is 2. The van der Waals surface area contributed by atoms with E-state index in [0.29, 0.717) is 0 Å². The minimum atomic E-state index is 0.0223. The largest absolute Gasteiger partial charge is 0.356 e. The molecule has 0 aromatic heterocycles. The molecular formula is C56H63N. The van der Waals surface area contributed by atoms with E-state index in [0.717, 1.165) is 17.8 Å². The second-order valence-corrected chi connectivity index (χ2v) is 17.8. The molecule has 0 aliphatic heterocycles. The van der Waals surface area contributed by atoms with Crippen LogP contribution >= 0.6 is 0 Å². The Labute approximate surface area is 344 Å². The van der Waals surface area contributed by atoms with Crippen molar-refractivity contribution < 1.29 is 0 Å². The molecule has 6 aromatic carbocycles. The molecule has 0 saturated heterocycles. The first kappa shape index (κ1) is 39.0. The van der Waals surface area contributed by atoms with Crippen LogP contribution in [0.25, 0.3) is 44.5 Å². The van der Waals surface area contributed by atoms with Gasteiger partial charge in [-0.3, -0.25) is 0 Å². The Morgan fingerprint density at radius 1 is 0.474 bits per heavy atom. The SMILES string of the molecule is CCCCCCC1(CCCCCC)c2cc(-c3ccc(Nc4cccc(-c5ccc6c(c5)CC6)c4)cc3)ccc2-c2ccc(-c3ccc(C(C)(C)CC)cc3)cc21. The summed E-state index contributed by atoms with van der Waals surface area (Å²) in [6.07, 6.45) is 16.3. The highest BCUT2D eigenvalue weighted by molar-refractivity contribution is 5.86. The smallest absolute Gasteiger partial charge is 0.0390 e. The number of hydrogen-bond acceptors (Lipinski definition) is 1. The van der Waals surface area contributed by atoms with Gasteiger partial charge < -0.3 is 5.32 Å². The summed E-state index contributed by atoms with van der Waals surface area (Å²) in [6, 6.07) is 49.2. The van der Waals surface area contributed by atoms with Crippen molar-refractivity contribution in [1.29, 1.82) is 0 Å². The Hall–Kier alpha value is -4.88. The highest BCUT2D eigenvalue weighted by atomic mass is 14.9. The van der Waals surface area contributed by atoms with Crippen LogP contribution in [0.15, 0.2) is 127 Å². The summed E-state index contributed by atoms with van der Waals surface area (Å²) >= 11 is 0. The van der Waals surface area contributed by atoms with Gasteiger partial charge in [0.15, 0.2) is 0 Å². The Kier molecular flexibility index (Phi) is 11.6. The third-order valence-electron chi connectivity index (χ3n) is 13.7. The van der Waals surface area contributed by atoms with E-state index in [1.165, 1.54) is 138 Å². The lowest BCUT2D eigenvalue weighted by Crippen LogP contribution is -2.25. The number of hydrogen-bond donors (Lipinski definition) is 1. The Morgan fingerprint density at radius 2 is 1.00 bits per heavy atom. The summed E-state index contributed by atoms with van der Waals surface area (Å²) in [6.45, 7) is 11.7. The number of anilines is 2. The zero-order chi connectivity index (χ0) is 39.4. The predicted octanol–water partition coefficient (Wildman–Crippen LogP) is 16.4. The van der Waals surface area contributed by atoms with Gasteiger partial charge in [-0.15, -0.1) is 0 Å². The summed E-state index contributed by atoms with van der Waals surface area (Å²) < 4.78 is 0. The van der Waals surface area contributed by atoms with Gasteiger partial charge in [-0.2, -0.15) is 0 Å². The molecule has 0 spiro atoms. The predicted molar refractivity (Wildman–Crippen MR) is 247 cm³/mol. The van der Waals surface area contributed by atoms with Gasteiger partial charge in [0.25, 0.3) is 0 Å². The molecule has 0 saturated carbocycles. The first-order valence-electron chi connectivity index (χ1n) is 22.3. The number of unbranched alkanes of at least 4 members (excludes halogenated alkanes) is 6. The van der Waals surface area contributed by atoms with E-state index in [1.807, 2.05) is 0 Å². The molecule has 0 heterocycles. The third kappa shape index (κ3) is 8.01. The number of benzene rings is 6. The van der Waals surface area contributed by atoms with Crippen LogP contribution < -0.4 is 5.32 Å². The Balaban J connectivity index is 1.11. The van der Waals surface area contributed by atoms with E-state index < -0.39 is 0 Å². The average molecular weight is 750 g/mol. The van der Waals surface area contributed by atoms with Crippen LogP contribution in [0, 0.1) is 0 Å². The second-order valence-electron chi connectivity index (χ2n) is 17.8. The van der Waals surface area contributed by atoms with E-state index in [9.17, 15) is 0 Å². The molecule has 57 heavy (non-hydrogen) atoms. The van der Waals surface area contributed by atoms with Crippen LogP contribution in [0.5, 0.6) is 0 Å². The molecule has 0 radical (unpaired) electrons. The van der Waals surface area contributed by atoms with Crippen molar-refractivity contribution in [2.45, 2.75) is 129 Å². The fraction of sp³-hybridized carbons (Fsp3) is 0.357. The van der Waals surface area contributed by atoms with Crippen molar-refractivity contribution in [3.63, 3.8) is 0 Å². The van der Waals surface area contributed by atoms with Gasteiger partial charge in [0.1, 0.15) is 0 Å². The number of fused-ring (bicyclic) bond motifs is 4. The van der Waals surface area contributed by atoms with Crippen molar-refractivity contribution in [1.82, 2.24) is 0 Å². The molecule has 1 heteroatoms. The summed E-state index contributed by atoms with van der Waals surface area (Å²) in [5, 5.41) is 3.70. The molecule has 2 aliphatic rings. The topological polar surface area (TPSA) is 12.0 Å². The van der Waals surface area contributed by atoms with E-state index in [-0.39, 0.29) is 10.8 Å². The summed E-state index contributed by atoms with van der Waals surface area (Å²) in [5.74, 6) is 0. The van der Waals surface area contributed by atoms with Gasteiger partial charge in [-0.05, 0) is 146 Å². The number of rotatable bonds is 17. The van der Waals surface area contributed by atoms with E-state index in [4.69, 9.17) is 0 Å². The molecule has 8 rings (SSSR count). The lowest BCUT2D eigenvalue weighted by Gasteiger charge is -2.33. The highest BCUT2D eigenvalue weighted by Crippen LogP contribution is 2.56. The molecule has 0 fully saturated rings. The van der Waals surface area contributed by atoms with Crippen LogP contribution in [0.2, 0.25) is 0 Å². The van der Waals surface area contributed by atoms with Crippen molar-refractivity contribution in [3.05, 3.63) is 155 Å². The normalized spacial score (nSPS) is 13.8. The molecule has 0 amide bonds. The maximum absolute atomic E-state index is 3.70. The molecular weight excluding hydrogens is 687 g/mol. The Bertz CT molecular complexity index is 2290. The zero-order valence-electron chi connectivity index (χ0n) is 35.3. The van der Waals surface area contributed by atoms with E-state index in [2.05, 4.69) is 167 Å². The van der Waals surface area contributed by atoms with Crippen LogP contribution in [-0.4, -0.2) is 0 Å². The van der Waals surface area contributed by atoms with Gasteiger partial charge >= 0.3 is 0 Å². The molecule has 0 atom stereocenters. The minimum absolute atomic E-state index is 0.0223. The summed E-state index contributed by atoms with van der Waals surface area (Å²) in [4.78, 5) is 0. The van der Waals surface area contributed by atoms with Gasteiger partial charge in [-0.1, -0.05) is 177 Å². The monoisotopic (exact) mass is 749 g/mol. The van der Waals surface area contributed by atoms with Gasteiger partial charge in [0, 0.05) is 16.8 Å². The highest BCUT2D eigenvalue weighted by Gasteiger charge is 2.42. The summed E-state index contributed by atoms with van der Waals surface area (Å²) in [7, 11) is 0. The van der Waals surface area contributed by atoms with Crippen molar-refractivity contribution in [3.8, 4) is 44.5 Å². The van der Waals surface area contributed by atoms with Gasteiger partial charge in [-0.25, -0.2) is 0 Å². The molecule has 2 aliphatic carbocycles. The zero-order valence-corrected chi connectivity index (χ0v) is 35.3. The van der Waals surface area contributed by atoms with Crippen molar-refractivity contribution in [2.24, 2.45) is 0 Å². The second kappa shape index (κ2) is 16.9. The maximum Gasteiger partial charge on any atom is 0.0390 e. The Morgan fingerprint density at radius 3 is 1.54 bits per heavy atom. The lowest BCUT2D eigenvalue weighted by atomic mass is 9.70. The van der Waals surface area contributed by atoms with Gasteiger partial charge in [0.2, 0.25) is 0 Å². The molecule has 292 valence electrons. The van der Waals surface area contributed by atoms with Crippen LogP contribution in [-0.2, 0) is 23.7 Å². The first-order valence-corrected chi connectivity index (χ1v) is 22.3. The van der Waals surface area contributed by atoms with Gasteiger partial charge in [0.05, 0.1) is 0 Å². The first-order chi connectivity index (χ1) is 27.8. The maximum atomic E-state index is 3.70. The lowest BCUT2D eigenvalue weighted by molar-refractivity contribution is 0.401. The summed E-state index contributed by atoms with van der Waals surface area (Å²) in [5.41, 5.74) is 20.7. The molecule has 1 nitrogen and oxygen atoms in total. The standard InChI is InChI=1S/C56H63N/c1-6-9-11-13-34-56(35-14-12-10-7-2)53-38-46(41-22-28-48(29-23-41)55(4,5)8-3)26-32-51(53)52-33-27-47(39-54(52)56)42-24-30-49(31-25-42)57-50-17-15-16-43(37-50)45-21-19-40-18-20-44(40)36-45/h15-17,19,21-33,36-39,57H,6-14,18,20,34-35H2,1-5H3. The van der Waals surface area contributed by atoms with Crippen LogP contribution in [0.3, 0.4) is 0 Å². The molecule has 1 N–H and O–H groups in total. The van der Waals surface area contributed by atoms with Crippen LogP contribution in [0.4, 0.5) is 11.4 Å². The van der Waals surface area contributed by atoms with E-state index >= 15 is 0 Å². The fourth-order valence-electron chi connectivity index (χ4n) is 9.61. The van der Waals surface area contributed by atoms with Crippen molar-refractivity contribution >= 4 is 11.4 Å². The molecule has 0 unspecified atom stereocenters. The minimum Gasteiger partial charge on any atom is -0.356 e. The molecule has 0 bridgehead atoms. The van der Waals surface area contributed by atoms with Crippen LogP contribution in [0.1, 0.15) is 133 Å². The number of nitrogens with one attached hydrogen (secondary N) is 1. The van der Waals surface area contributed by atoms with Crippen molar-refractivity contribution in [2.75, 3.05) is 5.32 Å². The van der Waals surface area contributed by atoms with E-state index in [1.54, 1.807) is 11.1 Å². The molecule has 6 aromatic rings. The fourth-order valence-corrected chi connectivity index (χ4v) is 9.61.